The molecule has 1 N–H and O–H groups in total. The van der Waals surface area contributed by atoms with Crippen LogP contribution in [0.1, 0.15) is 22.3 Å². The second kappa shape index (κ2) is 8.43. The van der Waals surface area contributed by atoms with Gasteiger partial charge in [0.05, 0.1) is 6.54 Å². The van der Waals surface area contributed by atoms with Gasteiger partial charge in [-0.15, -0.1) is 0 Å². The van der Waals surface area contributed by atoms with Crippen molar-refractivity contribution in [2.24, 2.45) is 0 Å². The van der Waals surface area contributed by atoms with Crippen LogP contribution in [0.3, 0.4) is 0 Å². The Bertz CT molecular complexity index is 836. The average Bonchev–Trinajstić information content (AvgIpc) is 2.56. The number of hydrogen-bond acceptors (Lipinski definition) is 2. The van der Waals surface area contributed by atoms with Crippen LogP contribution in [0.5, 0.6) is 0 Å². The van der Waals surface area contributed by atoms with Gasteiger partial charge < -0.3 is 10.2 Å². The van der Waals surface area contributed by atoms with Crippen molar-refractivity contribution in [2.75, 3.05) is 18.9 Å². The fourth-order valence-electron chi connectivity index (χ4n) is 2.75. The number of benzene rings is 2. The summed E-state index contributed by atoms with van der Waals surface area (Å²) in [6.45, 7) is 5.81. The van der Waals surface area contributed by atoms with Crippen molar-refractivity contribution < 1.29 is 14.0 Å². The Hall–Kier alpha value is -2.95. The van der Waals surface area contributed by atoms with Crippen LogP contribution >= 0.6 is 0 Å². The molecule has 2 aromatic carbocycles. The molecule has 0 unspecified atom stereocenters. The highest BCUT2D eigenvalue weighted by molar-refractivity contribution is 5.98. The van der Waals surface area contributed by atoms with Gasteiger partial charge >= 0.3 is 0 Å². The number of hydrogen-bond donors (Lipinski definition) is 1. The summed E-state index contributed by atoms with van der Waals surface area (Å²) in [6.07, 6.45) is 2.85. The molecule has 2 rings (SSSR count). The lowest BCUT2D eigenvalue weighted by Crippen LogP contribution is -2.34. The Morgan fingerprint density at radius 3 is 2.38 bits per heavy atom. The highest BCUT2D eigenvalue weighted by Gasteiger charge is 2.13. The van der Waals surface area contributed by atoms with Gasteiger partial charge in [-0.25, -0.2) is 4.39 Å². The first-order chi connectivity index (χ1) is 12.3. The van der Waals surface area contributed by atoms with Crippen LogP contribution in [0.15, 0.2) is 42.5 Å². The van der Waals surface area contributed by atoms with Gasteiger partial charge in [-0.2, -0.15) is 0 Å². The zero-order valence-electron chi connectivity index (χ0n) is 15.5. The van der Waals surface area contributed by atoms with E-state index >= 15 is 0 Å². The number of halogens is 1. The van der Waals surface area contributed by atoms with E-state index in [4.69, 9.17) is 0 Å². The molecule has 0 spiro atoms. The quantitative estimate of drug-likeness (QED) is 0.829. The predicted octanol–water partition coefficient (Wildman–Crippen LogP) is 3.86. The number of anilines is 1. The lowest BCUT2D eigenvalue weighted by molar-refractivity contribution is -0.129. The largest absolute Gasteiger partial charge is 0.333 e. The highest BCUT2D eigenvalue weighted by Crippen LogP contribution is 2.21. The first-order valence-electron chi connectivity index (χ1n) is 8.32. The lowest BCUT2D eigenvalue weighted by Gasteiger charge is -2.17. The minimum Gasteiger partial charge on any atom is -0.333 e. The molecule has 5 heteroatoms. The van der Waals surface area contributed by atoms with Gasteiger partial charge in [-0.1, -0.05) is 29.8 Å². The number of nitrogens with zero attached hydrogens (tertiary/aromatic N) is 1. The van der Waals surface area contributed by atoms with Gasteiger partial charge in [0.15, 0.2) is 0 Å². The van der Waals surface area contributed by atoms with Crippen LogP contribution in [0.2, 0.25) is 0 Å². The van der Waals surface area contributed by atoms with E-state index in [1.807, 2.05) is 32.9 Å². The average molecular weight is 354 g/mol. The van der Waals surface area contributed by atoms with Crippen molar-refractivity contribution in [3.8, 4) is 0 Å². The molecule has 0 fully saturated rings. The summed E-state index contributed by atoms with van der Waals surface area (Å²) in [5, 5.41) is 2.87. The minimum atomic E-state index is -0.365. The third-order valence-electron chi connectivity index (χ3n) is 3.97. The Morgan fingerprint density at radius 1 is 1.12 bits per heavy atom. The molecule has 0 heterocycles. The number of rotatable bonds is 5. The maximum atomic E-state index is 13.1. The fraction of sp³-hybridized carbons (Fsp3) is 0.238. The Kier molecular flexibility index (Phi) is 6.28. The van der Waals surface area contributed by atoms with Crippen molar-refractivity contribution in [2.45, 2.75) is 20.8 Å². The van der Waals surface area contributed by atoms with Crippen molar-refractivity contribution in [1.82, 2.24) is 4.90 Å². The Balaban J connectivity index is 1.97. The van der Waals surface area contributed by atoms with Crippen LogP contribution in [0.4, 0.5) is 10.1 Å². The van der Waals surface area contributed by atoms with Crippen LogP contribution in [-0.4, -0.2) is 30.3 Å². The number of carbonyl (C=O) groups is 2. The van der Waals surface area contributed by atoms with Crippen molar-refractivity contribution in [3.63, 3.8) is 0 Å². The summed E-state index contributed by atoms with van der Waals surface area (Å²) in [5.41, 5.74) is 4.46. The molecule has 26 heavy (non-hydrogen) atoms. The molecule has 0 bridgehead atoms. The Morgan fingerprint density at radius 2 is 1.77 bits per heavy atom. The molecule has 0 aliphatic rings. The summed E-state index contributed by atoms with van der Waals surface area (Å²) in [4.78, 5) is 25.7. The normalized spacial score (nSPS) is 10.8. The van der Waals surface area contributed by atoms with Crippen molar-refractivity contribution in [3.05, 3.63) is 70.5 Å². The molecule has 0 radical (unpaired) electrons. The molecule has 136 valence electrons. The summed E-state index contributed by atoms with van der Waals surface area (Å²) < 4.78 is 13.1. The van der Waals surface area contributed by atoms with E-state index in [9.17, 15) is 14.0 Å². The standard InChI is InChI=1S/C21H23FN2O2/c1-14-10-15(2)21(16(3)11-14)23-19(25)13-24(4)20(26)9-8-17-6-5-7-18(22)12-17/h5-12H,13H2,1-4H3,(H,23,25)/b9-8+. The van der Waals surface area contributed by atoms with E-state index in [-0.39, 0.29) is 24.2 Å². The van der Waals surface area contributed by atoms with Crippen LogP contribution in [-0.2, 0) is 9.59 Å². The second-order valence-electron chi connectivity index (χ2n) is 6.40. The summed E-state index contributed by atoms with van der Waals surface area (Å²) in [7, 11) is 1.55. The predicted molar refractivity (Wildman–Crippen MR) is 102 cm³/mol. The van der Waals surface area contributed by atoms with E-state index in [1.54, 1.807) is 19.2 Å². The molecular formula is C21H23FN2O2. The fourth-order valence-corrected chi connectivity index (χ4v) is 2.75. The first kappa shape index (κ1) is 19.4. The number of amides is 2. The topological polar surface area (TPSA) is 49.4 Å². The molecule has 0 aliphatic carbocycles. The summed E-state index contributed by atoms with van der Waals surface area (Å²) in [6, 6.07) is 9.94. The zero-order chi connectivity index (χ0) is 19.3. The van der Waals surface area contributed by atoms with E-state index in [1.165, 1.54) is 29.2 Å². The SMILES string of the molecule is Cc1cc(C)c(NC(=O)CN(C)C(=O)/C=C/c2cccc(F)c2)c(C)c1. The van der Waals surface area contributed by atoms with Gasteiger partial charge in [0, 0.05) is 18.8 Å². The van der Waals surface area contributed by atoms with Crippen molar-refractivity contribution >= 4 is 23.6 Å². The third-order valence-corrected chi connectivity index (χ3v) is 3.97. The monoisotopic (exact) mass is 354 g/mol. The molecule has 2 aromatic rings. The molecule has 2 amide bonds. The van der Waals surface area contributed by atoms with Gasteiger partial charge in [0.2, 0.25) is 11.8 Å². The van der Waals surface area contributed by atoms with E-state index in [0.29, 0.717) is 5.56 Å². The molecule has 0 saturated heterocycles. The minimum absolute atomic E-state index is 0.0704. The van der Waals surface area contributed by atoms with Crippen LogP contribution in [0.25, 0.3) is 6.08 Å². The molecule has 4 nitrogen and oxygen atoms in total. The maximum Gasteiger partial charge on any atom is 0.246 e. The first-order valence-corrected chi connectivity index (χ1v) is 8.32. The van der Waals surface area contributed by atoms with E-state index < -0.39 is 0 Å². The van der Waals surface area contributed by atoms with E-state index in [2.05, 4.69) is 5.32 Å². The lowest BCUT2D eigenvalue weighted by atomic mass is 10.1. The van der Waals surface area contributed by atoms with E-state index in [0.717, 1.165) is 22.4 Å². The number of carbonyl (C=O) groups excluding carboxylic acids is 2. The number of nitrogens with one attached hydrogen (secondary N) is 1. The van der Waals surface area contributed by atoms with Crippen LogP contribution in [0, 0.1) is 26.6 Å². The molecular weight excluding hydrogens is 331 g/mol. The summed E-state index contributed by atoms with van der Waals surface area (Å²) >= 11 is 0. The van der Waals surface area contributed by atoms with Gasteiger partial charge in [-0.3, -0.25) is 9.59 Å². The third kappa shape index (κ3) is 5.28. The van der Waals surface area contributed by atoms with Gasteiger partial charge in [0.25, 0.3) is 0 Å². The Labute approximate surface area is 153 Å². The van der Waals surface area contributed by atoms with Crippen LogP contribution < -0.4 is 5.32 Å². The number of likely N-dealkylation sites (N-methyl/N-ethyl adjacent to an activating group) is 1. The second-order valence-corrected chi connectivity index (χ2v) is 6.40. The molecule has 0 atom stereocenters. The maximum absolute atomic E-state index is 13.1. The molecule has 0 aromatic heterocycles. The van der Waals surface area contributed by atoms with Crippen molar-refractivity contribution in [1.29, 1.82) is 0 Å². The zero-order valence-corrected chi connectivity index (χ0v) is 15.5. The molecule has 0 saturated carbocycles. The van der Waals surface area contributed by atoms with Gasteiger partial charge in [-0.05, 0) is 55.7 Å². The summed E-state index contributed by atoms with van der Waals surface area (Å²) in [5.74, 6) is -0.965. The number of aryl methyl sites for hydroxylation is 3. The smallest absolute Gasteiger partial charge is 0.246 e. The van der Waals surface area contributed by atoms with Gasteiger partial charge in [0.1, 0.15) is 5.82 Å². The molecule has 0 aliphatic heterocycles. The highest BCUT2D eigenvalue weighted by atomic mass is 19.1.